The molecule has 0 amide bonds. The van der Waals surface area contributed by atoms with Gasteiger partial charge in [0.1, 0.15) is 0 Å². The maximum Gasteiger partial charge on any atom is -0.0277 e. The zero-order chi connectivity index (χ0) is 18.3. The van der Waals surface area contributed by atoms with Crippen LogP contribution < -0.4 is 0 Å². The van der Waals surface area contributed by atoms with Crippen molar-refractivity contribution in [2.45, 2.75) is 95.4 Å². The summed E-state index contributed by atoms with van der Waals surface area (Å²) in [6.07, 6.45) is 8.38. The van der Waals surface area contributed by atoms with Gasteiger partial charge in [0.15, 0.2) is 0 Å². The van der Waals surface area contributed by atoms with Gasteiger partial charge in [0, 0.05) is 0 Å². The zero-order valence-electron chi connectivity index (χ0n) is 17.3. The Hall–Kier alpha value is -0.780. The minimum Gasteiger partial charge on any atom is -0.106 e. The predicted octanol–water partition coefficient (Wildman–Crippen LogP) is 8.61. The highest BCUT2D eigenvalue weighted by molar-refractivity contribution is 5.26. The first-order valence-corrected chi connectivity index (χ1v) is 9.05. The SMILES string of the molecule is C/C=C\C1=C(C)CC(C)CC1.C=C.CC.CC.CC.CC. The lowest BCUT2D eigenvalue weighted by molar-refractivity contribution is 0.501. The van der Waals surface area contributed by atoms with Gasteiger partial charge in [-0.15, -0.1) is 13.2 Å². The normalized spacial score (nSPS) is 15.3. The van der Waals surface area contributed by atoms with Crippen molar-refractivity contribution < 1.29 is 0 Å². The van der Waals surface area contributed by atoms with Crippen LogP contribution in [0.2, 0.25) is 0 Å². The molecule has 1 aliphatic rings. The molecule has 0 bridgehead atoms. The summed E-state index contributed by atoms with van der Waals surface area (Å²) in [5, 5.41) is 0. The van der Waals surface area contributed by atoms with Gasteiger partial charge in [-0.3, -0.25) is 0 Å². The molecule has 21 heavy (non-hydrogen) atoms. The highest BCUT2D eigenvalue weighted by atomic mass is 14.2. The van der Waals surface area contributed by atoms with Crippen molar-refractivity contribution in [2.75, 3.05) is 0 Å². The van der Waals surface area contributed by atoms with E-state index in [2.05, 4.69) is 46.1 Å². The molecule has 0 aliphatic heterocycles. The molecular weight excluding hydrogens is 252 g/mol. The van der Waals surface area contributed by atoms with Crippen molar-refractivity contribution in [3.8, 4) is 0 Å². The molecule has 130 valence electrons. The zero-order valence-corrected chi connectivity index (χ0v) is 17.3. The minimum absolute atomic E-state index is 0.906. The molecule has 0 aromatic carbocycles. The van der Waals surface area contributed by atoms with Gasteiger partial charge in [-0.1, -0.05) is 80.0 Å². The molecule has 1 rings (SSSR count). The molecule has 0 fully saturated rings. The van der Waals surface area contributed by atoms with Gasteiger partial charge in [0.2, 0.25) is 0 Å². The van der Waals surface area contributed by atoms with Crippen LogP contribution >= 0.6 is 0 Å². The second-order valence-electron chi connectivity index (χ2n) is 3.65. The molecule has 0 spiro atoms. The fourth-order valence-corrected chi connectivity index (χ4v) is 1.80. The van der Waals surface area contributed by atoms with Crippen LogP contribution in [0.15, 0.2) is 36.5 Å². The van der Waals surface area contributed by atoms with Crippen molar-refractivity contribution in [3.05, 3.63) is 36.5 Å². The summed E-state index contributed by atoms with van der Waals surface area (Å²) < 4.78 is 0. The molecule has 0 saturated heterocycles. The van der Waals surface area contributed by atoms with Crippen molar-refractivity contribution in [3.63, 3.8) is 0 Å². The standard InChI is InChI=1S/C11H18.4C2H6.C2H4/c1-4-5-11-7-6-9(2)8-10(11)3;5*1-2/h4-5,9H,6-8H2,1-3H3;4*1-2H3;1-2H2/b5-4-;;;;;. The second-order valence-corrected chi connectivity index (χ2v) is 3.65. The fourth-order valence-electron chi connectivity index (χ4n) is 1.80. The van der Waals surface area contributed by atoms with Crippen molar-refractivity contribution in [1.82, 2.24) is 0 Å². The van der Waals surface area contributed by atoms with Gasteiger partial charge < -0.3 is 0 Å². The van der Waals surface area contributed by atoms with Gasteiger partial charge in [0.05, 0.1) is 0 Å². The lowest BCUT2D eigenvalue weighted by atomic mass is 9.85. The van der Waals surface area contributed by atoms with Gasteiger partial charge in [0.25, 0.3) is 0 Å². The molecular formula is C21H46. The molecule has 0 heterocycles. The largest absolute Gasteiger partial charge is 0.106 e. The molecule has 0 aromatic rings. The molecule has 1 atom stereocenters. The van der Waals surface area contributed by atoms with Crippen LogP contribution in [0.3, 0.4) is 0 Å². The lowest BCUT2D eigenvalue weighted by Crippen LogP contribution is -2.04. The highest BCUT2D eigenvalue weighted by Gasteiger charge is 2.12. The van der Waals surface area contributed by atoms with E-state index < -0.39 is 0 Å². The van der Waals surface area contributed by atoms with E-state index in [0.29, 0.717) is 0 Å². The van der Waals surface area contributed by atoms with E-state index in [1.807, 2.05) is 55.4 Å². The average Bonchev–Trinajstić information content (AvgIpc) is 2.59. The van der Waals surface area contributed by atoms with Crippen LogP contribution in [0.5, 0.6) is 0 Å². The summed E-state index contributed by atoms with van der Waals surface area (Å²) in [7, 11) is 0. The first kappa shape index (κ1) is 32.2. The Bertz CT molecular complexity index is 196. The Kier molecular flexibility index (Phi) is 56.1. The van der Waals surface area contributed by atoms with E-state index in [1.165, 1.54) is 19.3 Å². The molecule has 0 saturated carbocycles. The van der Waals surface area contributed by atoms with Gasteiger partial charge >= 0.3 is 0 Å². The Morgan fingerprint density at radius 2 is 1.29 bits per heavy atom. The number of hydrogen-bond acceptors (Lipinski definition) is 0. The third-order valence-corrected chi connectivity index (χ3v) is 2.48. The van der Waals surface area contributed by atoms with E-state index in [-0.39, 0.29) is 0 Å². The maximum absolute atomic E-state index is 3.00. The molecule has 1 aliphatic carbocycles. The maximum atomic E-state index is 3.00. The lowest BCUT2D eigenvalue weighted by Gasteiger charge is -2.20. The quantitative estimate of drug-likeness (QED) is 0.425. The van der Waals surface area contributed by atoms with Crippen LogP contribution in [0.25, 0.3) is 0 Å². The topological polar surface area (TPSA) is 0 Å². The molecule has 0 nitrogen and oxygen atoms in total. The first-order valence-electron chi connectivity index (χ1n) is 9.05. The highest BCUT2D eigenvalue weighted by Crippen LogP contribution is 2.29. The molecule has 0 N–H and O–H groups in total. The van der Waals surface area contributed by atoms with Crippen molar-refractivity contribution in [2.24, 2.45) is 5.92 Å². The van der Waals surface area contributed by atoms with E-state index in [9.17, 15) is 0 Å². The summed E-state index contributed by atoms with van der Waals surface area (Å²) >= 11 is 0. The Balaban J connectivity index is -0.0000000727. The Morgan fingerprint density at radius 3 is 1.57 bits per heavy atom. The Labute approximate surface area is 138 Å². The fraction of sp³-hybridized carbons (Fsp3) is 0.714. The third-order valence-electron chi connectivity index (χ3n) is 2.48. The van der Waals surface area contributed by atoms with E-state index >= 15 is 0 Å². The summed E-state index contributed by atoms with van der Waals surface area (Å²) in [5.41, 5.74) is 3.17. The van der Waals surface area contributed by atoms with E-state index in [1.54, 1.807) is 11.1 Å². The second kappa shape index (κ2) is 36.5. The smallest absolute Gasteiger partial charge is 0.0277 e. The summed E-state index contributed by atoms with van der Waals surface area (Å²) in [6, 6.07) is 0. The average molecular weight is 299 g/mol. The monoisotopic (exact) mass is 298 g/mol. The molecule has 0 heteroatoms. The minimum atomic E-state index is 0.906. The van der Waals surface area contributed by atoms with Gasteiger partial charge in [-0.05, 0) is 44.6 Å². The third kappa shape index (κ3) is 24.6. The predicted molar refractivity (Wildman–Crippen MR) is 107 cm³/mol. The van der Waals surface area contributed by atoms with Crippen molar-refractivity contribution in [1.29, 1.82) is 0 Å². The van der Waals surface area contributed by atoms with Crippen LogP contribution in [0.4, 0.5) is 0 Å². The number of allylic oxidation sites excluding steroid dienone is 4. The molecule has 0 aromatic heterocycles. The summed E-state index contributed by atoms with van der Waals surface area (Å²) in [4.78, 5) is 0. The summed E-state index contributed by atoms with van der Waals surface area (Å²) in [6.45, 7) is 28.7. The van der Waals surface area contributed by atoms with E-state index in [0.717, 1.165) is 5.92 Å². The van der Waals surface area contributed by atoms with E-state index in [4.69, 9.17) is 0 Å². The van der Waals surface area contributed by atoms with Gasteiger partial charge in [-0.25, -0.2) is 0 Å². The van der Waals surface area contributed by atoms with Crippen LogP contribution in [-0.4, -0.2) is 0 Å². The molecule has 0 radical (unpaired) electrons. The van der Waals surface area contributed by atoms with Crippen LogP contribution in [0.1, 0.15) is 95.4 Å². The number of hydrogen-bond donors (Lipinski definition) is 0. The molecule has 1 unspecified atom stereocenters. The van der Waals surface area contributed by atoms with Crippen LogP contribution in [-0.2, 0) is 0 Å². The first-order chi connectivity index (χ1) is 10.2. The van der Waals surface area contributed by atoms with Crippen molar-refractivity contribution >= 4 is 0 Å². The number of rotatable bonds is 1. The van der Waals surface area contributed by atoms with Gasteiger partial charge in [-0.2, -0.15) is 0 Å². The summed E-state index contributed by atoms with van der Waals surface area (Å²) in [5.74, 6) is 0.906. The Morgan fingerprint density at radius 1 is 0.905 bits per heavy atom. The van der Waals surface area contributed by atoms with Crippen LogP contribution in [0, 0.1) is 5.92 Å².